The molecule has 12 heteroatoms. The molecule has 2 atom stereocenters. The van der Waals surface area contributed by atoms with E-state index < -0.39 is 16.1 Å². The van der Waals surface area contributed by atoms with Crippen LogP contribution < -0.4 is 10.1 Å². The summed E-state index contributed by atoms with van der Waals surface area (Å²) < 4.78 is 34.2. The predicted molar refractivity (Wildman–Crippen MR) is 110 cm³/mol. The van der Waals surface area contributed by atoms with Crippen LogP contribution in [0.15, 0.2) is 23.5 Å². The molecule has 2 fully saturated rings. The van der Waals surface area contributed by atoms with Crippen molar-refractivity contribution in [3.05, 3.63) is 24.2 Å². The van der Waals surface area contributed by atoms with Crippen molar-refractivity contribution in [3.63, 3.8) is 0 Å². The monoisotopic (exact) mass is 447 g/mol. The molecule has 2 N–H and O–H groups in total. The Balaban J connectivity index is 1.39. The second kappa shape index (κ2) is 8.78. The molecule has 1 saturated heterocycles. The van der Waals surface area contributed by atoms with E-state index in [1.807, 2.05) is 6.07 Å². The van der Waals surface area contributed by atoms with Gasteiger partial charge in [-0.15, -0.1) is 0 Å². The van der Waals surface area contributed by atoms with Gasteiger partial charge in [-0.2, -0.15) is 19.6 Å². The third-order valence-corrected chi connectivity index (χ3v) is 7.51. The first kappa shape index (κ1) is 21.5. The van der Waals surface area contributed by atoms with E-state index in [9.17, 15) is 18.8 Å². The summed E-state index contributed by atoms with van der Waals surface area (Å²) >= 11 is 0. The minimum atomic E-state index is -3.56. The topological polar surface area (TPSA) is 146 Å². The zero-order valence-electron chi connectivity index (χ0n) is 17.2. The fourth-order valence-electron chi connectivity index (χ4n) is 3.89. The number of hydrogen-bond acceptors (Lipinski definition) is 9. The zero-order chi connectivity index (χ0) is 22.0. The molecule has 0 bridgehead atoms. The van der Waals surface area contributed by atoms with Gasteiger partial charge in [-0.1, -0.05) is 0 Å². The van der Waals surface area contributed by atoms with Gasteiger partial charge in [0.05, 0.1) is 18.5 Å². The van der Waals surface area contributed by atoms with E-state index in [2.05, 4.69) is 20.4 Å². The molecule has 1 aliphatic carbocycles. The van der Waals surface area contributed by atoms with Crippen LogP contribution in [0.2, 0.25) is 0 Å². The second-order valence-corrected chi connectivity index (χ2v) is 9.79. The van der Waals surface area contributed by atoms with Crippen LogP contribution in [-0.2, 0) is 17.1 Å². The normalized spacial score (nSPS) is 22.9. The Morgan fingerprint density at radius 1 is 1.26 bits per heavy atom. The van der Waals surface area contributed by atoms with Crippen molar-refractivity contribution in [3.8, 4) is 11.9 Å². The van der Waals surface area contributed by atoms with Crippen LogP contribution in [0.5, 0.6) is 5.88 Å². The minimum absolute atomic E-state index is 0.0156. The standard InChI is InChI=1S/C19H25N7O4S/c1-25-12-15(11-22-25)31(28,29)26-7-5-14(6-8-26)23-19-21-10-13(9-20)18(24-19)30-17-4-2-3-16(17)27/h10-12,14,16-17,27H,2-8H2,1H3,(H,21,23,24)/t16?,17-/m1/s1. The minimum Gasteiger partial charge on any atom is -0.471 e. The largest absolute Gasteiger partial charge is 0.471 e. The lowest BCUT2D eigenvalue weighted by Gasteiger charge is -2.31. The Labute approximate surface area is 180 Å². The van der Waals surface area contributed by atoms with Gasteiger partial charge in [-0.25, -0.2) is 13.4 Å². The van der Waals surface area contributed by atoms with Crippen LogP contribution in [0, 0.1) is 11.3 Å². The molecule has 1 saturated carbocycles. The van der Waals surface area contributed by atoms with Crippen molar-refractivity contribution >= 4 is 16.0 Å². The fraction of sp³-hybridized carbons (Fsp3) is 0.579. The van der Waals surface area contributed by atoms with Gasteiger partial charge in [-0.05, 0) is 32.1 Å². The smallest absolute Gasteiger partial charge is 0.246 e. The number of nitriles is 1. The van der Waals surface area contributed by atoms with Crippen LogP contribution in [0.1, 0.15) is 37.7 Å². The van der Waals surface area contributed by atoms with E-state index in [0.717, 1.165) is 6.42 Å². The zero-order valence-corrected chi connectivity index (χ0v) is 18.0. The molecule has 31 heavy (non-hydrogen) atoms. The molecule has 1 unspecified atom stereocenters. The second-order valence-electron chi connectivity index (χ2n) is 7.85. The van der Waals surface area contributed by atoms with Gasteiger partial charge in [0.1, 0.15) is 22.6 Å². The first-order valence-corrected chi connectivity index (χ1v) is 11.7. The van der Waals surface area contributed by atoms with Gasteiger partial charge in [0.25, 0.3) is 0 Å². The summed E-state index contributed by atoms with van der Waals surface area (Å²) in [6, 6.07) is 2.00. The Morgan fingerprint density at radius 2 is 2.03 bits per heavy atom. The molecule has 0 amide bonds. The summed E-state index contributed by atoms with van der Waals surface area (Å²) in [5, 5.41) is 26.5. The van der Waals surface area contributed by atoms with Gasteiger partial charge >= 0.3 is 0 Å². The molecule has 2 aromatic rings. The highest BCUT2D eigenvalue weighted by Gasteiger charge is 2.31. The highest BCUT2D eigenvalue weighted by molar-refractivity contribution is 7.89. The molecule has 4 rings (SSSR count). The average molecular weight is 448 g/mol. The number of piperidine rings is 1. The van der Waals surface area contributed by atoms with Crippen molar-refractivity contribution in [2.45, 2.75) is 55.2 Å². The maximum absolute atomic E-state index is 12.7. The molecule has 3 heterocycles. The molecule has 0 radical (unpaired) electrons. The highest BCUT2D eigenvalue weighted by Crippen LogP contribution is 2.27. The summed E-state index contributed by atoms with van der Waals surface area (Å²) in [6.45, 7) is 0.728. The average Bonchev–Trinajstić information content (AvgIpc) is 3.37. The number of hydrogen-bond donors (Lipinski definition) is 2. The number of aliphatic hydroxyl groups is 1. The summed E-state index contributed by atoms with van der Waals surface area (Å²) in [5.74, 6) is 0.470. The number of sulfonamides is 1. The molecule has 1 aliphatic heterocycles. The Kier molecular flexibility index (Phi) is 6.08. The number of ether oxygens (including phenoxy) is 1. The molecule has 2 aliphatic rings. The summed E-state index contributed by atoms with van der Waals surface area (Å²) in [7, 11) is -1.88. The van der Waals surface area contributed by atoms with E-state index in [-0.39, 0.29) is 28.5 Å². The number of aryl methyl sites for hydroxylation is 1. The summed E-state index contributed by atoms with van der Waals surface area (Å²) in [4.78, 5) is 8.71. The maximum Gasteiger partial charge on any atom is 0.246 e. The number of anilines is 1. The Hall–Kier alpha value is -2.75. The van der Waals surface area contributed by atoms with E-state index in [1.54, 1.807) is 7.05 Å². The van der Waals surface area contributed by atoms with Crippen LogP contribution in [0.4, 0.5) is 5.95 Å². The molecule has 0 spiro atoms. The van der Waals surface area contributed by atoms with E-state index in [0.29, 0.717) is 44.7 Å². The van der Waals surface area contributed by atoms with E-state index >= 15 is 0 Å². The van der Waals surface area contributed by atoms with Gasteiger partial charge < -0.3 is 15.2 Å². The lowest BCUT2D eigenvalue weighted by molar-refractivity contribution is 0.0572. The lowest BCUT2D eigenvalue weighted by Crippen LogP contribution is -2.42. The third-order valence-electron chi connectivity index (χ3n) is 5.66. The van der Waals surface area contributed by atoms with E-state index in [1.165, 1.54) is 27.6 Å². The maximum atomic E-state index is 12.7. The van der Waals surface area contributed by atoms with Crippen molar-refractivity contribution < 1.29 is 18.3 Å². The first-order chi connectivity index (χ1) is 14.9. The number of aliphatic hydroxyl groups excluding tert-OH is 1. The Bertz CT molecular complexity index is 1070. The fourth-order valence-corrected chi connectivity index (χ4v) is 5.35. The van der Waals surface area contributed by atoms with Crippen molar-refractivity contribution in [2.24, 2.45) is 7.05 Å². The molecule has 2 aromatic heterocycles. The van der Waals surface area contributed by atoms with Crippen LogP contribution in [0.3, 0.4) is 0 Å². The van der Waals surface area contributed by atoms with Crippen molar-refractivity contribution in [2.75, 3.05) is 18.4 Å². The number of nitrogens with one attached hydrogen (secondary N) is 1. The molecule has 166 valence electrons. The van der Waals surface area contributed by atoms with Crippen molar-refractivity contribution in [1.29, 1.82) is 5.26 Å². The third kappa shape index (κ3) is 4.63. The van der Waals surface area contributed by atoms with Gasteiger partial charge in [-0.3, -0.25) is 4.68 Å². The summed E-state index contributed by atoms with van der Waals surface area (Å²) in [6.07, 6.45) is 6.71. The SMILES string of the molecule is Cn1cc(S(=O)(=O)N2CCC(Nc3ncc(C#N)c(O[C@@H]4CCCC4O)n3)CC2)cn1. The van der Waals surface area contributed by atoms with Gasteiger partial charge in [0.2, 0.25) is 21.9 Å². The lowest BCUT2D eigenvalue weighted by atomic mass is 10.1. The van der Waals surface area contributed by atoms with Crippen molar-refractivity contribution in [1.82, 2.24) is 24.1 Å². The number of aromatic nitrogens is 4. The molecular weight excluding hydrogens is 422 g/mol. The number of nitrogens with zero attached hydrogens (tertiary/aromatic N) is 6. The van der Waals surface area contributed by atoms with E-state index in [4.69, 9.17) is 4.74 Å². The molecule has 0 aromatic carbocycles. The van der Waals surface area contributed by atoms with Gasteiger partial charge in [0, 0.05) is 32.4 Å². The highest BCUT2D eigenvalue weighted by atomic mass is 32.2. The van der Waals surface area contributed by atoms with Crippen LogP contribution in [0.25, 0.3) is 0 Å². The number of rotatable bonds is 6. The quantitative estimate of drug-likeness (QED) is 0.651. The van der Waals surface area contributed by atoms with Crippen LogP contribution >= 0.6 is 0 Å². The van der Waals surface area contributed by atoms with Gasteiger partial charge in [0.15, 0.2) is 0 Å². The molecule has 11 nitrogen and oxygen atoms in total. The Morgan fingerprint density at radius 3 is 2.65 bits per heavy atom. The first-order valence-electron chi connectivity index (χ1n) is 10.2. The predicted octanol–water partition coefficient (Wildman–Crippen LogP) is 0.639. The summed E-state index contributed by atoms with van der Waals surface area (Å²) in [5.41, 5.74) is 0.210. The van der Waals surface area contributed by atoms with Crippen LogP contribution in [-0.4, -0.2) is 68.9 Å². The molecular formula is C19H25N7O4S.